The minimum Gasteiger partial charge on any atom is -0.364 e. The molecule has 5 aromatic rings. The standard InChI is InChI=1S/C27H25BN6/c1-17-12-29-13-18(2)34(17)21-9-7-19(8-10-21)20-14-30-27-24(15-31-33(27)16-20)23-11-26(28)32-25-6-4-3-5-22(23)25/h3-11,14-18,29H,12-13H2,1-2H3/t17-,18+. The Labute approximate surface area is 200 Å². The molecule has 4 heterocycles. The second-order valence-electron chi connectivity index (χ2n) is 9.09. The molecule has 2 aromatic carbocycles. The minimum atomic E-state index is 0.466. The van der Waals surface area contributed by atoms with E-state index in [1.165, 1.54) is 5.69 Å². The molecule has 2 radical (unpaired) electrons. The van der Waals surface area contributed by atoms with Crippen LogP contribution in [0, 0.1) is 0 Å². The van der Waals surface area contributed by atoms with Crippen LogP contribution in [0.15, 0.2) is 73.2 Å². The fourth-order valence-electron chi connectivity index (χ4n) is 5.10. The summed E-state index contributed by atoms with van der Waals surface area (Å²) in [5.41, 5.74) is 7.45. The highest BCUT2D eigenvalue weighted by molar-refractivity contribution is 6.32. The Kier molecular flexibility index (Phi) is 5.07. The number of pyridine rings is 1. The third-order valence-electron chi connectivity index (χ3n) is 6.71. The summed E-state index contributed by atoms with van der Waals surface area (Å²) in [5, 5.41) is 9.13. The smallest absolute Gasteiger partial charge is 0.162 e. The van der Waals surface area contributed by atoms with Crippen LogP contribution in [0.1, 0.15) is 13.8 Å². The van der Waals surface area contributed by atoms with Crippen molar-refractivity contribution in [3.8, 4) is 22.3 Å². The van der Waals surface area contributed by atoms with Gasteiger partial charge in [-0.25, -0.2) is 9.50 Å². The van der Waals surface area contributed by atoms with Crippen LogP contribution in [0.2, 0.25) is 0 Å². The summed E-state index contributed by atoms with van der Waals surface area (Å²) >= 11 is 0. The van der Waals surface area contributed by atoms with Gasteiger partial charge in [0.25, 0.3) is 0 Å². The molecular formula is C27H25BN6. The zero-order valence-electron chi connectivity index (χ0n) is 19.3. The van der Waals surface area contributed by atoms with Gasteiger partial charge >= 0.3 is 0 Å². The first kappa shape index (κ1) is 20.9. The highest BCUT2D eigenvalue weighted by atomic mass is 15.2. The second-order valence-corrected chi connectivity index (χ2v) is 9.09. The zero-order chi connectivity index (χ0) is 23.2. The van der Waals surface area contributed by atoms with E-state index in [0.29, 0.717) is 17.7 Å². The summed E-state index contributed by atoms with van der Waals surface area (Å²) in [6.45, 7) is 6.55. The van der Waals surface area contributed by atoms with Crippen LogP contribution in [0.5, 0.6) is 0 Å². The molecule has 166 valence electrons. The lowest BCUT2D eigenvalue weighted by molar-refractivity contribution is 0.432. The van der Waals surface area contributed by atoms with Crippen molar-refractivity contribution in [3.05, 3.63) is 73.2 Å². The van der Waals surface area contributed by atoms with Gasteiger partial charge in [0.15, 0.2) is 5.65 Å². The molecule has 1 N–H and O–H groups in total. The van der Waals surface area contributed by atoms with Crippen molar-refractivity contribution in [2.75, 3.05) is 18.0 Å². The first-order valence-electron chi connectivity index (χ1n) is 11.7. The maximum atomic E-state index is 6.09. The van der Waals surface area contributed by atoms with E-state index in [2.05, 4.69) is 64.5 Å². The first-order valence-corrected chi connectivity index (χ1v) is 11.7. The van der Waals surface area contributed by atoms with Crippen LogP contribution < -0.4 is 15.8 Å². The number of benzene rings is 2. The van der Waals surface area contributed by atoms with E-state index in [9.17, 15) is 0 Å². The Morgan fingerprint density at radius 2 is 1.68 bits per heavy atom. The largest absolute Gasteiger partial charge is 0.364 e. The molecule has 7 heteroatoms. The minimum absolute atomic E-state index is 0.466. The molecular weight excluding hydrogens is 419 g/mol. The number of anilines is 1. The molecule has 6 rings (SSSR count). The van der Waals surface area contributed by atoms with E-state index >= 15 is 0 Å². The van der Waals surface area contributed by atoms with Crippen molar-refractivity contribution < 1.29 is 0 Å². The van der Waals surface area contributed by atoms with Gasteiger partial charge < -0.3 is 10.2 Å². The van der Waals surface area contributed by atoms with Crippen LogP contribution in [0.3, 0.4) is 0 Å². The van der Waals surface area contributed by atoms with Crippen molar-refractivity contribution >= 4 is 35.7 Å². The van der Waals surface area contributed by atoms with E-state index in [-0.39, 0.29) is 0 Å². The molecule has 0 aliphatic carbocycles. The Morgan fingerprint density at radius 1 is 0.912 bits per heavy atom. The highest BCUT2D eigenvalue weighted by Gasteiger charge is 2.24. The number of nitrogens with one attached hydrogen (secondary N) is 1. The lowest BCUT2D eigenvalue weighted by atomic mass is 9.95. The molecule has 0 unspecified atom stereocenters. The molecule has 1 aliphatic rings. The molecule has 0 spiro atoms. The zero-order valence-corrected chi connectivity index (χ0v) is 19.3. The number of rotatable bonds is 3. The number of aromatic nitrogens is 4. The molecule has 1 fully saturated rings. The van der Waals surface area contributed by atoms with Gasteiger partial charge in [-0.15, -0.1) is 0 Å². The predicted octanol–water partition coefficient (Wildman–Crippen LogP) is 3.59. The Hall–Kier alpha value is -3.71. The summed E-state index contributed by atoms with van der Waals surface area (Å²) in [4.78, 5) is 11.7. The fraction of sp³-hybridized carbons (Fsp3) is 0.222. The van der Waals surface area contributed by atoms with Gasteiger partial charge in [0.2, 0.25) is 0 Å². The number of fused-ring (bicyclic) bond motifs is 2. The lowest BCUT2D eigenvalue weighted by Gasteiger charge is -2.41. The Morgan fingerprint density at radius 3 is 2.47 bits per heavy atom. The summed E-state index contributed by atoms with van der Waals surface area (Å²) in [5.74, 6) is 0. The Bertz CT molecular complexity index is 1480. The van der Waals surface area contributed by atoms with Gasteiger partial charge in [-0.05, 0) is 54.8 Å². The van der Waals surface area contributed by atoms with E-state index in [0.717, 1.165) is 51.9 Å². The van der Waals surface area contributed by atoms with E-state index in [1.54, 1.807) is 0 Å². The molecule has 0 bridgehead atoms. The third kappa shape index (κ3) is 3.53. The van der Waals surface area contributed by atoms with Crippen molar-refractivity contribution in [2.45, 2.75) is 25.9 Å². The summed E-state index contributed by atoms with van der Waals surface area (Å²) in [6.07, 6.45) is 5.80. The van der Waals surface area contributed by atoms with Crippen LogP contribution in [-0.2, 0) is 0 Å². The van der Waals surface area contributed by atoms with E-state index < -0.39 is 0 Å². The van der Waals surface area contributed by atoms with Crippen LogP contribution >= 0.6 is 0 Å². The first-order chi connectivity index (χ1) is 16.6. The summed E-state index contributed by atoms with van der Waals surface area (Å²) in [7, 11) is 6.09. The lowest BCUT2D eigenvalue weighted by Crippen LogP contribution is -2.55. The molecule has 34 heavy (non-hydrogen) atoms. The van der Waals surface area contributed by atoms with Crippen molar-refractivity contribution in [2.24, 2.45) is 0 Å². The quantitative estimate of drug-likeness (QED) is 0.431. The molecule has 0 saturated carbocycles. The number of para-hydroxylation sites is 1. The van der Waals surface area contributed by atoms with Gasteiger partial charge in [0.05, 0.1) is 11.7 Å². The fourth-order valence-corrected chi connectivity index (χ4v) is 5.10. The predicted molar refractivity (Wildman–Crippen MR) is 139 cm³/mol. The topological polar surface area (TPSA) is 58.4 Å². The van der Waals surface area contributed by atoms with Crippen LogP contribution in [-0.4, -0.2) is 52.6 Å². The van der Waals surface area contributed by atoms with Gasteiger partial charge in [0, 0.05) is 59.8 Å². The van der Waals surface area contributed by atoms with Crippen LogP contribution in [0.25, 0.3) is 38.8 Å². The number of hydrogen-bond acceptors (Lipinski definition) is 5. The highest BCUT2D eigenvalue weighted by Crippen LogP contribution is 2.31. The number of piperazine rings is 1. The molecule has 2 atom stereocenters. The van der Waals surface area contributed by atoms with E-state index in [1.807, 2.05) is 47.4 Å². The normalized spacial score (nSPS) is 18.6. The monoisotopic (exact) mass is 444 g/mol. The molecule has 6 nitrogen and oxygen atoms in total. The van der Waals surface area contributed by atoms with Crippen LogP contribution in [0.4, 0.5) is 5.69 Å². The SMILES string of the molecule is [B]c1cc(-c2cnn3cc(-c4ccc(N5[C@H](C)CNC[C@@H]5C)cc4)cnc23)c2ccccc2n1. The molecule has 1 saturated heterocycles. The summed E-state index contributed by atoms with van der Waals surface area (Å²) in [6, 6.07) is 19.6. The average molecular weight is 444 g/mol. The molecule has 0 amide bonds. The van der Waals surface area contributed by atoms with Crippen molar-refractivity contribution in [1.82, 2.24) is 24.9 Å². The van der Waals surface area contributed by atoms with Crippen molar-refractivity contribution in [1.29, 1.82) is 0 Å². The van der Waals surface area contributed by atoms with Gasteiger partial charge in [-0.3, -0.25) is 4.98 Å². The Balaban J connectivity index is 1.36. The van der Waals surface area contributed by atoms with Gasteiger partial charge in [-0.1, -0.05) is 30.3 Å². The number of hydrogen-bond donors (Lipinski definition) is 1. The van der Waals surface area contributed by atoms with Gasteiger partial charge in [0.1, 0.15) is 7.85 Å². The van der Waals surface area contributed by atoms with Gasteiger partial charge in [-0.2, -0.15) is 5.10 Å². The molecule has 3 aromatic heterocycles. The maximum Gasteiger partial charge on any atom is 0.162 e. The molecule has 1 aliphatic heterocycles. The van der Waals surface area contributed by atoms with Crippen molar-refractivity contribution in [3.63, 3.8) is 0 Å². The maximum absolute atomic E-state index is 6.09. The second kappa shape index (κ2) is 8.26. The number of nitrogens with zero attached hydrogens (tertiary/aromatic N) is 5. The third-order valence-corrected chi connectivity index (χ3v) is 6.71. The summed E-state index contributed by atoms with van der Waals surface area (Å²) < 4.78 is 1.84. The average Bonchev–Trinajstić information content (AvgIpc) is 3.27. The van der Waals surface area contributed by atoms with E-state index in [4.69, 9.17) is 12.8 Å².